The van der Waals surface area contributed by atoms with Gasteiger partial charge in [-0.25, -0.2) is 28.5 Å². The van der Waals surface area contributed by atoms with Crippen LogP contribution in [-0.2, 0) is 22.7 Å². The third-order valence-electron chi connectivity index (χ3n) is 8.94. The topological polar surface area (TPSA) is 179 Å². The highest BCUT2D eigenvalue weighted by atomic mass is 79.9. The largest absolute Gasteiger partial charge is 0.465 e. The van der Waals surface area contributed by atoms with Gasteiger partial charge in [0.2, 0.25) is 0 Å². The second-order valence-electron chi connectivity index (χ2n) is 13.5. The van der Waals surface area contributed by atoms with Gasteiger partial charge in [-0.2, -0.15) is 0 Å². The van der Waals surface area contributed by atoms with Gasteiger partial charge in [-0.3, -0.25) is 27.6 Å². The van der Waals surface area contributed by atoms with Crippen molar-refractivity contribution in [2.24, 2.45) is 0 Å². The Morgan fingerprint density at radius 1 is 0.687 bits per heavy atom. The summed E-state index contributed by atoms with van der Waals surface area (Å²) in [6, 6.07) is 22.2. The molecular formula is C49H42Br2F2N6O8. The van der Waals surface area contributed by atoms with E-state index in [9.17, 15) is 28.0 Å². The maximum Gasteiger partial charge on any atom is 0.345 e. The molecule has 0 amide bonds. The number of aliphatic hydroxyl groups excluding tert-OH is 2. The number of rotatable bonds is 3. The van der Waals surface area contributed by atoms with Crippen LogP contribution in [0.3, 0.4) is 0 Å². The van der Waals surface area contributed by atoms with Gasteiger partial charge in [0.1, 0.15) is 34.1 Å². The van der Waals surface area contributed by atoms with Crippen molar-refractivity contribution >= 4 is 54.8 Å². The number of ether oxygens (including phenoxy) is 2. The van der Waals surface area contributed by atoms with Crippen molar-refractivity contribution in [3.05, 3.63) is 207 Å². The predicted octanol–water partition coefficient (Wildman–Crippen LogP) is 7.16. The summed E-state index contributed by atoms with van der Waals surface area (Å²) in [4.78, 5) is 58.9. The molecule has 0 radical (unpaired) electrons. The molecule has 18 heteroatoms. The van der Waals surface area contributed by atoms with Crippen LogP contribution in [0.4, 0.5) is 8.78 Å². The summed E-state index contributed by atoms with van der Waals surface area (Å²) in [7, 11) is 1.22. The summed E-state index contributed by atoms with van der Waals surface area (Å²) in [5.74, 6) is 6.78. The summed E-state index contributed by atoms with van der Waals surface area (Å²) in [5.41, 5.74) is 2.74. The quantitative estimate of drug-likeness (QED) is 0.136. The number of aromatic nitrogens is 6. The van der Waals surface area contributed by atoms with Gasteiger partial charge in [0, 0.05) is 76.0 Å². The lowest BCUT2D eigenvalue weighted by Gasteiger charge is -2.02. The number of carbonyl (C=O) groups excluding carboxylic acids is 1. The molecule has 0 spiro atoms. The number of halogens is 4. The van der Waals surface area contributed by atoms with E-state index in [1.54, 1.807) is 79.3 Å². The number of carbonyl (C=O) groups is 1. The number of nitrogens with zero attached hydrogens (tertiary/aromatic N) is 6. The molecule has 67 heavy (non-hydrogen) atoms. The molecule has 0 bridgehead atoms. The first kappa shape index (κ1) is 52.4. The van der Waals surface area contributed by atoms with E-state index in [1.807, 2.05) is 0 Å². The number of terminal acetylenes is 1. The van der Waals surface area contributed by atoms with E-state index >= 15 is 0 Å². The summed E-state index contributed by atoms with van der Waals surface area (Å²) >= 11 is 6.56. The van der Waals surface area contributed by atoms with Crippen molar-refractivity contribution in [2.45, 2.75) is 33.5 Å². The second-order valence-corrected chi connectivity index (χ2v) is 15.3. The zero-order valence-corrected chi connectivity index (χ0v) is 38.1. The van der Waals surface area contributed by atoms with Crippen LogP contribution < -0.4 is 16.7 Å². The predicted molar refractivity (Wildman–Crippen MR) is 256 cm³/mol. The molecule has 0 atom stereocenters. The van der Waals surface area contributed by atoms with Crippen LogP contribution in [-0.4, -0.2) is 64.7 Å². The van der Waals surface area contributed by atoms with E-state index in [2.05, 4.69) is 69.3 Å². The number of fused-ring (bicyclic) bond motifs is 3. The van der Waals surface area contributed by atoms with Gasteiger partial charge in [-0.15, -0.1) is 6.42 Å². The van der Waals surface area contributed by atoms with E-state index in [-0.39, 0.29) is 54.5 Å². The molecule has 8 aromatic rings. The summed E-state index contributed by atoms with van der Waals surface area (Å²) < 4.78 is 40.5. The standard InChI is InChI=1S/C17H11FN2O2.C10H7BrN2O3.C9H7BrN2O2.C8H5F.C4H8O.CH4/c18-15-3-1-2-12(8-15)4-5-13-6-7-20-16(9-13)19-10-14(11-21)17(20)22;1-16-10(15)7-5-12-8-4-6(11)2-3-13(8)9(7)14;10-7-1-2-12-8(3-7)11-4-6(5-13)9(12)14;1-2-7-4-3-5-8(9)6-7;1-2-4-5-3-1;/h1-3,6-10,21H,11H2;2-5H,1H3;1-4,13H,5H2;1,3-6H;1-4H2;1H4. The molecule has 1 saturated heterocycles. The Bertz CT molecular complexity index is 3280. The monoisotopic (exact) mass is 1040 g/mol. The average Bonchev–Trinajstić information content (AvgIpc) is 3.93. The third kappa shape index (κ3) is 14.9. The van der Waals surface area contributed by atoms with Crippen LogP contribution in [0.15, 0.2) is 145 Å². The average molecular weight is 1040 g/mol. The highest BCUT2D eigenvalue weighted by Crippen LogP contribution is 2.12. The van der Waals surface area contributed by atoms with Crippen LogP contribution >= 0.6 is 31.9 Å². The molecule has 9 rings (SSSR count). The van der Waals surface area contributed by atoms with Crippen molar-refractivity contribution in [2.75, 3.05) is 20.3 Å². The van der Waals surface area contributed by atoms with Gasteiger partial charge in [0.25, 0.3) is 16.7 Å². The molecule has 0 aliphatic carbocycles. The fraction of sp³-hybridized carbons (Fsp3) is 0.163. The van der Waals surface area contributed by atoms with Crippen molar-refractivity contribution < 1.29 is 33.3 Å². The fourth-order valence-electron chi connectivity index (χ4n) is 5.60. The molecule has 1 fully saturated rings. The molecule has 2 N–H and O–H groups in total. The number of benzene rings is 2. The Kier molecular flexibility index (Phi) is 20.4. The maximum atomic E-state index is 13.1. The Balaban J connectivity index is 0.000000194. The molecule has 6 aromatic heterocycles. The Morgan fingerprint density at radius 3 is 1.58 bits per heavy atom. The first-order valence-corrected chi connectivity index (χ1v) is 21.1. The summed E-state index contributed by atoms with van der Waals surface area (Å²) in [5, 5.41) is 17.9. The normalized spacial score (nSPS) is 11.0. The summed E-state index contributed by atoms with van der Waals surface area (Å²) in [6.07, 6.45) is 16.2. The number of methoxy groups -OCH3 is 1. The molecule has 1 aliphatic rings. The van der Waals surface area contributed by atoms with Crippen molar-refractivity contribution in [3.63, 3.8) is 0 Å². The van der Waals surface area contributed by atoms with Crippen LogP contribution in [0.5, 0.6) is 0 Å². The SMILES string of the molecule is C.C#Cc1cccc(F)c1.C1CCOC1.COC(=O)c1cnc2cc(Br)ccn2c1=O.O=c1c(CO)cnc2cc(Br)ccn12.O=c1c(CO)cnc2cc(C#Cc3cccc(F)c3)ccn12. The highest BCUT2D eigenvalue weighted by Gasteiger charge is 2.13. The van der Waals surface area contributed by atoms with E-state index in [0.717, 1.165) is 22.2 Å². The Labute approximate surface area is 399 Å². The fourth-order valence-corrected chi connectivity index (χ4v) is 6.24. The van der Waals surface area contributed by atoms with Crippen molar-refractivity contribution in [3.8, 4) is 24.2 Å². The molecule has 0 saturated carbocycles. The van der Waals surface area contributed by atoms with Gasteiger partial charge < -0.3 is 19.7 Å². The molecule has 7 heterocycles. The Hall–Kier alpha value is -7.19. The zero-order chi connectivity index (χ0) is 47.6. The zero-order valence-electron chi connectivity index (χ0n) is 34.9. The van der Waals surface area contributed by atoms with Crippen LogP contribution in [0.2, 0.25) is 0 Å². The first-order chi connectivity index (χ1) is 31.8. The lowest BCUT2D eigenvalue weighted by atomic mass is 10.2. The molecule has 14 nitrogen and oxygen atoms in total. The number of pyridine rings is 3. The molecule has 344 valence electrons. The highest BCUT2D eigenvalue weighted by molar-refractivity contribution is 9.10. The minimum absolute atomic E-state index is 0. The lowest BCUT2D eigenvalue weighted by Crippen LogP contribution is -2.23. The van der Waals surface area contributed by atoms with E-state index < -0.39 is 11.5 Å². The number of hydrogen-bond acceptors (Lipinski definition) is 11. The van der Waals surface area contributed by atoms with E-state index in [1.165, 1.54) is 76.0 Å². The molecule has 0 unspecified atom stereocenters. The molecule has 1 aliphatic heterocycles. The van der Waals surface area contributed by atoms with Gasteiger partial charge >= 0.3 is 5.97 Å². The third-order valence-corrected chi connectivity index (χ3v) is 9.92. The minimum atomic E-state index is -0.685. The molecular weight excluding hydrogens is 998 g/mol. The maximum absolute atomic E-state index is 13.1. The smallest absolute Gasteiger partial charge is 0.345 e. The van der Waals surface area contributed by atoms with Crippen molar-refractivity contribution in [1.29, 1.82) is 0 Å². The number of esters is 1. The van der Waals surface area contributed by atoms with E-state index in [4.69, 9.17) is 21.4 Å². The van der Waals surface area contributed by atoms with E-state index in [0.29, 0.717) is 39.2 Å². The van der Waals surface area contributed by atoms with Crippen molar-refractivity contribution in [1.82, 2.24) is 28.2 Å². The Morgan fingerprint density at radius 2 is 1.13 bits per heavy atom. The van der Waals surface area contributed by atoms with Gasteiger partial charge in [0.05, 0.1) is 31.5 Å². The van der Waals surface area contributed by atoms with Crippen LogP contribution in [0.25, 0.3) is 16.9 Å². The lowest BCUT2D eigenvalue weighted by molar-refractivity contribution is 0.0598. The van der Waals surface area contributed by atoms with Crippen LogP contribution in [0.1, 0.15) is 58.4 Å². The van der Waals surface area contributed by atoms with Gasteiger partial charge in [-0.05, 0) is 85.6 Å². The minimum Gasteiger partial charge on any atom is -0.465 e. The summed E-state index contributed by atoms with van der Waals surface area (Å²) in [6.45, 7) is 1.36. The van der Waals surface area contributed by atoms with Crippen LogP contribution in [0, 0.1) is 35.8 Å². The number of hydrogen-bond donors (Lipinski definition) is 2. The number of aliphatic hydroxyl groups is 2. The first-order valence-electron chi connectivity index (χ1n) is 19.6. The second kappa shape index (κ2) is 26.1. The molecule has 2 aromatic carbocycles. The van der Waals surface area contributed by atoms with Gasteiger partial charge in [-0.1, -0.05) is 69.2 Å². The van der Waals surface area contributed by atoms with Gasteiger partial charge in [0.15, 0.2) is 0 Å².